The molecule has 0 saturated carbocycles. The van der Waals surface area contributed by atoms with Gasteiger partial charge in [0, 0.05) is 30.8 Å². The Kier molecular flexibility index (Phi) is 17.3. The number of benzene rings is 1. The number of carbonyl (C=O) groups excluding carboxylic acids is 1. The lowest BCUT2D eigenvalue weighted by atomic mass is 10.2. The minimum absolute atomic E-state index is 0.173. The second kappa shape index (κ2) is 21.2. The normalized spacial score (nSPS) is 11.8. The van der Waals surface area contributed by atoms with Crippen LogP contribution in [0.2, 0.25) is 5.02 Å². The standard InChI is InChI=1S/C28H38ClN5O7/c1-3-38-28(35)41-27(40-21-20-37-19-18-36-2)34-15-12-24(13-16-34)33-26(32-22-30)31-14-6-4-5-7-17-39-25-10-8-23(29)9-11-25/h8-13,15-16,27H,3-7,14,17-21H2,1-2H3,(H,31,32)/p+1. The highest BCUT2D eigenvalue weighted by molar-refractivity contribution is 6.30. The largest absolute Gasteiger partial charge is 0.515 e. The van der Waals surface area contributed by atoms with E-state index in [1.54, 1.807) is 55.3 Å². The fourth-order valence-electron chi connectivity index (χ4n) is 3.31. The van der Waals surface area contributed by atoms with Gasteiger partial charge in [-0.1, -0.05) is 18.0 Å². The number of ether oxygens (including phenoxy) is 6. The van der Waals surface area contributed by atoms with E-state index in [0.29, 0.717) is 49.6 Å². The molecule has 1 heterocycles. The summed E-state index contributed by atoms with van der Waals surface area (Å²) in [5.41, 5.74) is 0.667. The SMILES string of the molecule is CCOC(=O)OC(OCCOCCOC)[n+]1ccc(NC(=NCCCCCCOc2ccc(Cl)cc2)NC#N)cc1. The highest BCUT2D eigenvalue weighted by Gasteiger charge is 2.25. The van der Waals surface area contributed by atoms with Gasteiger partial charge in [-0.15, -0.1) is 4.57 Å². The number of guanidine groups is 1. The highest BCUT2D eigenvalue weighted by atomic mass is 35.5. The third kappa shape index (κ3) is 15.1. The number of carbonyl (C=O) groups is 1. The molecule has 1 aromatic heterocycles. The second-order valence-electron chi connectivity index (χ2n) is 8.43. The number of unbranched alkanes of at least 4 members (excludes halogenated alkanes) is 3. The van der Waals surface area contributed by atoms with Gasteiger partial charge in [0.1, 0.15) is 5.75 Å². The summed E-state index contributed by atoms with van der Waals surface area (Å²) in [6, 6.07) is 10.8. The number of pyridine rings is 1. The van der Waals surface area contributed by atoms with Crippen LogP contribution >= 0.6 is 11.6 Å². The molecule has 0 aliphatic carbocycles. The van der Waals surface area contributed by atoms with E-state index in [1.165, 1.54) is 0 Å². The first-order valence-electron chi connectivity index (χ1n) is 13.4. The smallest absolute Gasteiger partial charge is 0.494 e. The predicted octanol–water partition coefficient (Wildman–Crippen LogP) is 4.41. The number of nitrogens with zero attached hydrogens (tertiary/aromatic N) is 3. The van der Waals surface area contributed by atoms with E-state index in [2.05, 4.69) is 15.6 Å². The van der Waals surface area contributed by atoms with Crippen molar-refractivity contribution in [3.05, 3.63) is 53.8 Å². The van der Waals surface area contributed by atoms with Crippen molar-refractivity contribution in [3.8, 4) is 11.9 Å². The molecule has 0 radical (unpaired) electrons. The van der Waals surface area contributed by atoms with Crippen LogP contribution in [-0.2, 0) is 23.7 Å². The summed E-state index contributed by atoms with van der Waals surface area (Å²) < 4.78 is 33.4. The van der Waals surface area contributed by atoms with Gasteiger partial charge in [-0.25, -0.2) is 4.79 Å². The van der Waals surface area contributed by atoms with E-state index in [1.807, 2.05) is 18.3 Å². The maximum absolute atomic E-state index is 11.9. The molecule has 0 amide bonds. The lowest BCUT2D eigenvalue weighted by molar-refractivity contribution is -0.799. The molecule has 12 nitrogen and oxygen atoms in total. The quantitative estimate of drug-likeness (QED) is 0.0352. The molecule has 2 rings (SSSR count). The summed E-state index contributed by atoms with van der Waals surface area (Å²) in [5, 5.41) is 15.4. The number of nitrogens with one attached hydrogen (secondary N) is 2. The third-order valence-corrected chi connectivity index (χ3v) is 5.57. The Bertz CT molecular complexity index is 1060. The predicted molar refractivity (Wildman–Crippen MR) is 153 cm³/mol. The molecule has 224 valence electrons. The summed E-state index contributed by atoms with van der Waals surface area (Å²) in [6.45, 7) is 4.42. The number of rotatable bonds is 19. The maximum Gasteiger partial charge on any atom is 0.515 e. The van der Waals surface area contributed by atoms with E-state index in [-0.39, 0.29) is 13.2 Å². The van der Waals surface area contributed by atoms with Crippen molar-refractivity contribution in [3.63, 3.8) is 0 Å². The summed E-state index contributed by atoms with van der Waals surface area (Å²) >= 11 is 5.88. The van der Waals surface area contributed by atoms with Gasteiger partial charge in [0.2, 0.25) is 5.96 Å². The molecule has 2 aromatic rings. The zero-order valence-corrected chi connectivity index (χ0v) is 24.3. The molecular formula is C28H39ClN5O7+. The minimum atomic E-state index is -1.06. The number of hydrogen-bond acceptors (Lipinski definition) is 9. The van der Waals surface area contributed by atoms with Gasteiger partial charge in [0.05, 0.1) is 45.3 Å². The first-order valence-corrected chi connectivity index (χ1v) is 13.8. The Balaban J connectivity index is 1.80. The molecule has 1 atom stereocenters. The van der Waals surface area contributed by atoms with E-state index in [9.17, 15) is 4.79 Å². The average molecular weight is 593 g/mol. The van der Waals surface area contributed by atoms with Crippen molar-refractivity contribution in [1.82, 2.24) is 5.32 Å². The Hall–Kier alpha value is -3.63. The van der Waals surface area contributed by atoms with E-state index < -0.39 is 12.6 Å². The van der Waals surface area contributed by atoms with Crippen LogP contribution in [-0.4, -0.2) is 65.4 Å². The van der Waals surface area contributed by atoms with Crippen molar-refractivity contribution in [2.24, 2.45) is 4.99 Å². The van der Waals surface area contributed by atoms with Crippen LogP contribution in [0, 0.1) is 11.5 Å². The van der Waals surface area contributed by atoms with Gasteiger partial charge in [-0.2, -0.15) is 5.26 Å². The second-order valence-corrected chi connectivity index (χ2v) is 8.86. The molecule has 41 heavy (non-hydrogen) atoms. The van der Waals surface area contributed by atoms with Crippen molar-refractivity contribution in [2.75, 3.05) is 58.6 Å². The van der Waals surface area contributed by atoms with E-state index >= 15 is 0 Å². The molecule has 0 spiro atoms. The highest BCUT2D eigenvalue weighted by Crippen LogP contribution is 2.16. The van der Waals surface area contributed by atoms with Crippen molar-refractivity contribution in [2.45, 2.75) is 39.0 Å². The van der Waals surface area contributed by atoms with Crippen LogP contribution in [0.5, 0.6) is 5.75 Å². The molecule has 2 N–H and O–H groups in total. The number of methoxy groups -OCH3 is 1. The number of aromatic nitrogens is 1. The lowest BCUT2D eigenvalue weighted by Gasteiger charge is -2.14. The first kappa shape index (κ1) is 33.6. The molecule has 1 aromatic carbocycles. The Morgan fingerprint density at radius 1 is 1.02 bits per heavy atom. The van der Waals surface area contributed by atoms with E-state index in [4.69, 9.17) is 45.3 Å². The molecule has 0 fully saturated rings. The van der Waals surface area contributed by atoms with Gasteiger partial charge in [0.25, 0.3) is 0 Å². The lowest BCUT2D eigenvalue weighted by Crippen LogP contribution is -2.43. The number of halogens is 1. The average Bonchev–Trinajstić information content (AvgIpc) is 2.97. The number of aliphatic imine (C=N–C) groups is 1. The molecule has 0 bridgehead atoms. The number of nitriles is 1. The van der Waals surface area contributed by atoms with Crippen LogP contribution in [0.3, 0.4) is 0 Å². The molecule has 13 heteroatoms. The van der Waals surface area contributed by atoms with Gasteiger partial charge in [0.15, 0.2) is 18.6 Å². The monoisotopic (exact) mass is 592 g/mol. The molecular weight excluding hydrogens is 554 g/mol. The van der Waals surface area contributed by atoms with Gasteiger partial charge >= 0.3 is 12.6 Å². The summed E-state index contributed by atoms with van der Waals surface area (Å²) in [7, 11) is 1.59. The maximum atomic E-state index is 11.9. The zero-order valence-electron chi connectivity index (χ0n) is 23.6. The molecule has 0 saturated heterocycles. The Morgan fingerprint density at radius 3 is 2.46 bits per heavy atom. The van der Waals surface area contributed by atoms with Gasteiger partial charge < -0.3 is 29.0 Å². The fraction of sp³-hybridized carbons (Fsp3) is 0.500. The van der Waals surface area contributed by atoms with Crippen molar-refractivity contribution in [1.29, 1.82) is 5.26 Å². The number of hydrogen-bond donors (Lipinski definition) is 2. The van der Waals surface area contributed by atoms with Crippen LogP contribution in [0.25, 0.3) is 0 Å². The van der Waals surface area contributed by atoms with E-state index in [0.717, 1.165) is 31.4 Å². The Labute approximate surface area is 246 Å². The molecule has 1 unspecified atom stereocenters. The number of anilines is 1. The van der Waals surface area contributed by atoms with Gasteiger partial charge in [-0.3, -0.25) is 15.0 Å². The Morgan fingerprint density at radius 2 is 1.76 bits per heavy atom. The topological polar surface area (TPSA) is 137 Å². The van der Waals surface area contributed by atoms with Gasteiger partial charge in [-0.05, 0) is 50.5 Å². The summed E-state index contributed by atoms with van der Waals surface area (Å²) in [4.78, 5) is 16.3. The first-order chi connectivity index (χ1) is 20.0. The zero-order chi connectivity index (χ0) is 29.5. The summed E-state index contributed by atoms with van der Waals surface area (Å²) in [5.74, 6) is 1.14. The van der Waals surface area contributed by atoms with Crippen LogP contribution in [0.1, 0.15) is 39.0 Å². The van der Waals surface area contributed by atoms with Crippen molar-refractivity contribution >= 4 is 29.4 Å². The third-order valence-electron chi connectivity index (χ3n) is 5.32. The van der Waals surface area contributed by atoms with Crippen LogP contribution in [0.4, 0.5) is 10.5 Å². The molecule has 0 aliphatic rings. The summed E-state index contributed by atoms with van der Waals surface area (Å²) in [6.07, 6.45) is 7.10. The van der Waals surface area contributed by atoms with Crippen LogP contribution < -0.4 is 19.9 Å². The minimum Gasteiger partial charge on any atom is -0.494 e. The molecule has 0 aliphatic heterocycles. The fourth-order valence-corrected chi connectivity index (χ4v) is 3.43. The van der Waals surface area contributed by atoms with Crippen molar-refractivity contribution < 1.29 is 37.8 Å². The van der Waals surface area contributed by atoms with Crippen LogP contribution in [0.15, 0.2) is 53.8 Å².